The average molecular weight is 365 g/mol. The highest BCUT2D eigenvalue weighted by atomic mass is 32.2. The van der Waals surface area contributed by atoms with Gasteiger partial charge in [0, 0.05) is 13.1 Å². The highest BCUT2D eigenvalue weighted by Crippen LogP contribution is 2.30. The molecule has 7 heteroatoms. The molecule has 0 aliphatic heterocycles. The summed E-state index contributed by atoms with van der Waals surface area (Å²) in [6.07, 6.45) is 0.750. The van der Waals surface area contributed by atoms with E-state index in [4.69, 9.17) is 0 Å². The Kier molecular flexibility index (Phi) is 7.52. The van der Waals surface area contributed by atoms with Crippen LogP contribution in [0.2, 0.25) is 0 Å². The highest BCUT2D eigenvalue weighted by molar-refractivity contribution is 8.02. The number of carbonyl (C=O) groups excluding carboxylic acids is 1. The number of thioether (sulfide) groups is 1. The predicted molar refractivity (Wildman–Crippen MR) is 101 cm³/mol. The molecule has 0 bridgehead atoms. The maximum absolute atomic E-state index is 12.4. The molecule has 1 heterocycles. The van der Waals surface area contributed by atoms with Crippen LogP contribution < -0.4 is 10.6 Å². The van der Waals surface area contributed by atoms with Crippen LogP contribution in [-0.2, 0) is 11.3 Å². The smallest absolute Gasteiger partial charge is 0.233 e. The summed E-state index contributed by atoms with van der Waals surface area (Å²) in [5.74, 6) is 0.593. The van der Waals surface area contributed by atoms with E-state index in [1.807, 2.05) is 37.3 Å². The molecule has 0 fully saturated rings. The molecule has 5 nitrogen and oxygen atoms in total. The van der Waals surface area contributed by atoms with Gasteiger partial charge in [0.05, 0.1) is 5.25 Å². The second-order valence-electron chi connectivity index (χ2n) is 5.87. The second-order valence-corrected chi connectivity index (χ2v) is 8.29. The van der Waals surface area contributed by atoms with E-state index < -0.39 is 0 Å². The molecule has 0 saturated carbocycles. The Bertz CT molecular complexity index is 631. The predicted octanol–water partition coefficient (Wildman–Crippen LogP) is 3.79. The van der Waals surface area contributed by atoms with Crippen LogP contribution >= 0.6 is 23.1 Å². The third-order valence-electron chi connectivity index (χ3n) is 3.28. The van der Waals surface area contributed by atoms with Gasteiger partial charge < -0.3 is 10.6 Å². The molecule has 1 atom stereocenters. The number of amides is 1. The fourth-order valence-corrected chi connectivity index (χ4v) is 3.91. The molecule has 2 aromatic rings. The van der Waals surface area contributed by atoms with Crippen LogP contribution in [-0.4, -0.2) is 27.9 Å². The summed E-state index contributed by atoms with van der Waals surface area (Å²) >= 11 is 2.98. The number of carbonyl (C=O) groups is 1. The van der Waals surface area contributed by atoms with Crippen LogP contribution in [0.5, 0.6) is 0 Å². The number of anilines is 1. The molecular weight excluding hydrogens is 340 g/mol. The Labute approximate surface area is 151 Å². The zero-order valence-electron chi connectivity index (χ0n) is 14.3. The molecule has 2 N–H and O–H groups in total. The molecule has 2 rings (SSSR count). The molecular formula is C17H24N4OS2. The minimum atomic E-state index is -0.153. The summed E-state index contributed by atoms with van der Waals surface area (Å²) in [4.78, 5) is 12.4. The van der Waals surface area contributed by atoms with Crippen LogP contribution in [0.1, 0.15) is 32.8 Å². The average Bonchev–Trinajstić information content (AvgIpc) is 3.04. The van der Waals surface area contributed by atoms with E-state index >= 15 is 0 Å². The van der Waals surface area contributed by atoms with Gasteiger partial charge >= 0.3 is 0 Å². The van der Waals surface area contributed by atoms with Crippen molar-refractivity contribution in [1.82, 2.24) is 15.5 Å². The SMILES string of the molecule is CCC(Sc1nnc(NCC(C)C)s1)C(=O)NCc1ccccc1. The standard InChI is InChI=1S/C17H24N4OS2/c1-4-14(15(22)18-11-13-8-6-5-7-9-13)23-17-21-20-16(24-17)19-10-12(2)3/h5-9,12,14H,4,10-11H2,1-3H3,(H,18,22)(H,19,20). The van der Waals surface area contributed by atoms with Crippen molar-refractivity contribution in [2.75, 3.05) is 11.9 Å². The van der Waals surface area contributed by atoms with E-state index in [0.717, 1.165) is 28.0 Å². The number of nitrogens with zero attached hydrogens (tertiary/aromatic N) is 2. The summed E-state index contributed by atoms with van der Waals surface area (Å²) in [5, 5.41) is 15.2. The van der Waals surface area contributed by atoms with E-state index in [1.54, 1.807) is 0 Å². The third kappa shape index (κ3) is 6.13. The molecule has 1 aromatic carbocycles. The first kappa shape index (κ1) is 18.7. The number of benzene rings is 1. The quantitative estimate of drug-likeness (QED) is 0.663. The number of nitrogens with one attached hydrogen (secondary N) is 2. The van der Waals surface area contributed by atoms with Gasteiger partial charge in [0.25, 0.3) is 0 Å². The van der Waals surface area contributed by atoms with Gasteiger partial charge in [-0.2, -0.15) is 0 Å². The maximum atomic E-state index is 12.4. The Balaban J connectivity index is 1.85. The number of hydrogen-bond donors (Lipinski definition) is 2. The first-order valence-electron chi connectivity index (χ1n) is 8.14. The van der Waals surface area contributed by atoms with Crippen LogP contribution in [0.25, 0.3) is 0 Å². The molecule has 0 radical (unpaired) electrons. The van der Waals surface area contributed by atoms with Crippen molar-refractivity contribution in [2.24, 2.45) is 5.92 Å². The van der Waals surface area contributed by atoms with Gasteiger partial charge in [-0.05, 0) is 17.9 Å². The lowest BCUT2D eigenvalue weighted by Crippen LogP contribution is -2.31. The Morgan fingerprint density at radius 1 is 1.25 bits per heavy atom. The minimum absolute atomic E-state index is 0.0400. The van der Waals surface area contributed by atoms with Gasteiger partial charge in [0.15, 0.2) is 4.34 Å². The van der Waals surface area contributed by atoms with Gasteiger partial charge in [-0.3, -0.25) is 4.79 Å². The summed E-state index contributed by atoms with van der Waals surface area (Å²) in [7, 11) is 0. The van der Waals surface area contributed by atoms with Crippen LogP contribution in [0.15, 0.2) is 34.7 Å². The summed E-state index contributed by atoms with van der Waals surface area (Å²) in [6, 6.07) is 9.93. The van der Waals surface area contributed by atoms with Gasteiger partial charge in [0.1, 0.15) is 0 Å². The number of hydrogen-bond acceptors (Lipinski definition) is 6. The van der Waals surface area contributed by atoms with Crippen molar-refractivity contribution in [1.29, 1.82) is 0 Å². The number of rotatable bonds is 9. The van der Waals surface area contributed by atoms with Crippen molar-refractivity contribution in [2.45, 2.75) is 43.3 Å². The van der Waals surface area contributed by atoms with Crippen molar-refractivity contribution in [3.8, 4) is 0 Å². The van der Waals surface area contributed by atoms with Crippen LogP contribution in [0.4, 0.5) is 5.13 Å². The molecule has 1 aromatic heterocycles. The largest absolute Gasteiger partial charge is 0.360 e. The minimum Gasteiger partial charge on any atom is -0.360 e. The third-order valence-corrected chi connectivity index (χ3v) is 5.61. The van der Waals surface area contributed by atoms with Gasteiger partial charge in [-0.15, -0.1) is 10.2 Å². The van der Waals surface area contributed by atoms with Crippen LogP contribution in [0, 0.1) is 5.92 Å². The monoisotopic (exact) mass is 364 g/mol. The van der Waals surface area contributed by atoms with Crippen LogP contribution in [0.3, 0.4) is 0 Å². The topological polar surface area (TPSA) is 66.9 Å². The van der Waals surface area contributed by atoms with Crippen molar-refractivity contribution >= 4 is 34.1 Å². The first-order chi connectivity index (χ1) is 11.6. The van der Waals surface area contributed by atoms with E-state index in [1.165, 1.54) is 23.1 Å². The summed E-state index contributed by atoms with van der Waals surface area (Å²) in [6.45, 7) is 7.72. The lowest BCUT2D eigenvalue weighted by atomic mass is 10.2. The molecule has 0 aliphatic rings. The van der Waals surface area contributed by atoms with E-state index in [0.29, 0.717) is 12.5 Å². The Morgan fingerprint density at radius 3 is 2.67 bits per heavy atom. The lowest BCUT2D eigenvalue weighted by Gasteiger charge is -2.13. The molecule has 1 unspecified atom stereocenters. The van der Waals surface area contributed by atoms with E-state index in [9.17, 15) is 4.79 Å². The molecule has 24 heavy (non-hydrogen) atoms. The van der Waals surface area contributed by atoms with Crippen molar-refractivity contribution < 1.29 is 4.79 Å². The van der Waals surface area contributed by atoms with Crippen molar-refractivity contribution in [3.63, 3.8) is 0 Å². The van der Waals surface area contributed by atoms with E-state index in [2.05, 4.69) is 34.7 Å². The van der Waals surface area contributed by atoms with Gasteiger partial charge in [0.2, 0.25) is 11.0 Å². The lowest BCUT2D eigenvalue weighted by molar-refractivity contribution is -0.120. The normalized spacial score (nSPS) is 12.2. The number of aromatic nitrogens is 2. The maximum Gasteiger partial charge on any atom is 0.233 e. The Morgan fingerprint density at radius 2 is 2.00 bits per heavy atom. The molecule has 0 aliphatic carbocycles. The summed E-state index contributed by atoms with van der Waals surface area (Å²) in [5.41, 5.74) is 1.10. The molecule has 1 amide bonds. The van der Waals surface area contributed by atoms with Crippen molar-refractivity contribution in [3.05, 3.63) is 35.9 Å². The Hall–Kier alpha value is -1.60. The van der Waals surface area contributed by atoms with Gasteiger partial charge in [-0.25, -0.2) is 0 Å². The van der Waals surface area contributed by atoms with Gasteiger partial charge in [-0.1, -0.05) is 74.2 Å². The summed E-state index contributed by atoms with van der Waals surface area (Å²) < 4.78 is 0.822. The second kappa shape index (κ2) is 9.64. The molecule has 130 valence electrons. The zero-order chi connectivity index (χ0) is 17.4. The molecule has 0 saturated heterocycles. The fourth-order valence-electron chi connectivity index (χ4n) is 1.96. The molecule has 0 spiro atoms. The first-order valence-corrected chi connectivity index (χ1v) is 9.83. The van der Waals surface area contributed by atoms with E-state index in [-0.39, 0.29) is 11.2 Å². The highest BCUT2D eigenvalue weighted by Gasteiger charge is 2.20. The zero-order valence-corrected chi connectivity index (χ0v) is 15.9. The fraction of sp³-hybridized carbons (Fsp3) is 0.471.